The Morgan fingerprint density at radius 2 is 1.57 bits per heavy atom. The number of methoxy groups -OCH3 is 1. The quantitative estimate of drug-likeness (QED) is 0.692. The maximum Gasteiger partial charge on any atom is 0.248 e. The van der Waals surface area contributed by atoms with Crippen molar-refractivity contribution in [2.45, 2.75) is 13.8 Å². The summed E-state index contributed by atoms with van der Waals surface area (Å²) in [5, 5.41) is 0. The number of nitrogens with two attached hydrogens (primary N) is 1. The molecule has 4 rings (SSSR count). The number of ether oxygens (including phenoxy) is 2. The van der Waals surface area contributed by atoms with Gasteiger partial charge in [-0.15, -0.1) is 0 Å². The number of hydrogen-bond donors (Lipinski definition) is 1. The van der Waals surface area contributed by atoms with E-state index in [1.807, 2.05) is 24.3 Å². The van der Waals surface area contributed by atoms with Gasteiger partial charge >= 0.3 is 0 Å². The number of nitrogen functional groups attached to an aromatic ring is 1. The van der Waals surface area contributed by atoms with E-state index < -0.39 is 0 Å². The Balaban J connectivity index is 1.50. The van der Waals surface area contributed by atoms with E-state index >= 15 is 0 Å². The van der Waals surface area contributed by atoms with Crippen molar-refractivity contribution in [1.82, 2.24) is 9.97 Å². The first-order valence-electron chi connectivity index (χ1n) is 10.1. The van der Waals surface area contributed by atoms with Crippen LogP contribution in [0.1, 0.15) is 11.1 Å². The minimum atomic E-state index is 0.335. The van der Waals surface area contributed by atoms with Crippen molar-refractivity contribution in [3.63, 3.8) is 0 Å². The van der Waals surface area contributed by atoms with Gasteiger partial charge < -0.3 is 25.0 Å². The Morgan fingerprint density at radius 1 is 0.867 bits per heavy atom. The molecule has 1 fully saturated rings. The van der Waals surface area contributed by atoms with E-state index in [0.29, 0.717) is 28.9 Å². The summed E-state index contributed by atoms with van der Waals surface area (Å²) < 4.78 is 11.3. The van der Waals surface area contributed by atoms with Crippen molar-refractivity contribution in [3.8, 4) is 17.4 Å². The van der Waals surface area contributed by atoms with Crippen LogP contribution in [0.5, 0.6) is 17.4 Å². The Labute approximate surface area is 177 Å². The largest absolute Gasteiger partial charge is 0.493 e. The van der Waals surface area contributed by atoms with Crippen LogP contribution in [-0.2, 0) is 0 Å². The summed E-state index contributed by atoms with van der Waals surface area (Å²) >= 11 is 0. The second-order valence-corrected chi connectivity index (χ2v) is 7.36. The van der Waals surface area contributed by atoms with Crippen LogP contribution in [0.25, 0.3) is 0 Å². The predicted molar refractivity (Wildman–Crippen MR) is 120 cm³/mol. The van der Waals surface area contributed by atoms with E-state index in [1.54, 1.807) is 7.11 Å². The molecular formula is C23H27N5O2. The molecule has 0 spiro atoms. The summed E-state index contributed by atoms with van der Waals surface area (Å²) in [5.74, 6) is 2.23. The summed E-state index contributed by atoms with van der Waals surface area (Å²) in [6, 6.07) is 13.9. The van der Waals surface area contributed by atoms with E-state index in [0.717, 1.165) is 26.2 Å². The molecule has 1 saturated heterocycles. The lowest BCUT2D eigenvalue weighted by Crippen LogP contribution is -2.47. The van der Waals surface area contributed by atoms with E-state index in [2.05, 4.69) is 51.8 Å². The maximum absolute atomic E-state index is 6.40. The number of hydrogen-bond acceptors (Lipinski definition) is 7. The summed E-state index contributed by atoms with van der Waals surface area (Å²) in [6.45, 7) is 7.78. The topological polar surface area (TPSA) is 76.7 Å². The fraction of sp³-hybridized carbons (Fsp3) is 0.304. The van der Waals surface area contributed by atoms with E-state index in [1.165, 1.54) is 23.1 Å². The third-order valence-corrected chi connectivity index (χ3v) is 5.60. The van der Waals surface area contributed by atoms with Crippen LogP contribution in [0.4, 0.5) is 17.2 Å². The zero-order valence-electron chi connectivity index (χ0n) is 17.6. The van der Waals surface area contributed by atoms with Gasteiger partial charge in [-0.3, -0.25) is 0 Å². The van der Waals surface area contributed by atoms with Gasteiger partial charge in [-0.2, -0.15) is 4.98 Å². The number of nitrogens with zero attached hydrogens (tertiary/aromatic N) is 4. The fourth-order valence-corrected chi connectivity index (χ4v) is 3.75. The van der Waals surface area contributed by atoms with E-state index in [-0.39, 0.29) is 0 Å². The Bertz CT molecular complexity index is 1030. The molecule has 2 heterocycles. The molecule has 3 aromatic rings. The minimum Gasteiger partial charge on any atom is -0.493 e. The number of para-hydroxylation sites is 2. The first kappa shape index (κ1) is 19.8. The highest BCUT2D eigenvalue weighted by Crippen LogP contribution is 2.36. The van der Waals surface area contributed by atoms with Crippen LogP contribution in [0, 0.1) is 13.8 Å². The lowest BCUT2D eigenvalue weighted by Gasteiger charge is -2.38. The maximum atomic E-state index is 6.40. The molecule has 2 aromatic carbocycles. The zero-order chi connectivity index (χ0) is 21.1. The molecular weight excluding hydrogens is 378 g/mol. The molecule has 0 atom stereocenters. The van der Waals surface area contributed by atoms with E-state index in [4.69, 9.17) is 15.2 Å². The van der Waals surface area contributed by atoms with Gasteiger partial charge in [0.2, 0.25) is 5.88 Å². The van der Waals surface area contributed by atoms with E-state index in [9.17, 15) is 0 Å². The fourth-order valence-electron chi connectivity index (χ4n) is 3.75. The van der Waals surface area contributed by atoms with Crippen molar-refractivity contribution in [3.05, 3.63) is 59.9 Å². The SMILES string of the molecule is COc1ccccc1Oc1ncnc(N2CCN(c3cccc(C)c3C)CC2)c1N. The second-order valence-electron chi connectivity index (χ2n) is 7.36. The first-order valence-corrected chi connectivity index (χ1v) is 10.1. The Hall–Kier alpha value is -3.48. The molecule has 156 valence electrons. The smallest absolute Gasteiger partial charge is 0.248 e. The van der Waals surface area contributed by atoms with Crippen molar-refractivity contribution >= 4 is 17.2 Å². The van der Waals surface area contributed by atoms with Gasteiger partial charge in [0.1, 0.15) is 12.0 Å². The van der Waals surface area contributed by atoms with Gasteiger partial charge in [0.15, 0.2) is 17.3 Å². The Kier molecular flexibility index (Phi) is 5.61. The third kappa shape index (κ3) is 3.83. The van der Waals surface area contributed by atoms with Crippen molar-refractivity contribution < 1.29 is 9.47 Å². The third-order valence-electron chi connectivity index (χ3n) is 5.60. The van der Waals surface area contributed by atoms with Gasteiger partial charge in [0, 0.05) is 31.9 Å². The van der Waals surface area contributed by atoms with Crippen LogP contribution in [-0.4, -0.2) is 43.3 Å². The van der Waals surface area contributed by atoms with Crippen molar-refractivity contribution in [2.75, 3.05) is 48.8 Å². The summed E-state index contributed by atoms with van der Waals surface area (Å²) in [4.78, 5) is 13.3. The predicted octanol–water partition coefficient (Wildman–Crippen LogP) is 3.80. The molecule has 0 saturated carbocycles. The normalized spacial score (nSPS) is 14.0. The van der Waals surface area contributed by atoms with Gasteiger partial charge in [-0.05, 0) is 43.2 Å². The standard InChI is InChI=1S/C23H27N5O2/c1-16-7-6-8-18(17(16)2)27-11-13-28(14-12-27)22-21(24)23(26-15-25-22)30-20-10-5-4-9-19(20)29-3/h4-10,15H,11-14,24H2,1-3H3. The summed E-state index contributed by atoms with van der Waals surface area (Å²) in [6.07, 6.45) is 1.49. The number of aryl methyl sites for hydroxylation is 1. The molecule has 0 aliphatic carbocycles. The molecule has 7 heteroatoms. The molecule has 30 heavy (non-hydrogen) atoms. The summed E-state index contributed by atoms with van der Waals surface area (Å²) in [5.41, 5.74) is 10.8. The number of rotatable bonds is 5. The molecule has 0 radical (unpaired) electrons. The molecule has 1 aliphatic heterocycles. The molecule has 7 nitrogen and oxygen atoms in total. The highest BCUT2D eigenvalue weighted by atomic mass is 16.5. The number of benzene rings is 2. The number of aromatic nitrogens is 2. The van der Waals surface area contributed by atoms with Gasteiger partial charge in [0.25, 0.3) is 0 Å². The molecule has 0 amide bonds. The van der Waals surface area contributed by atoms with Gasteiger partial charge in [-0.25, -0.2) is 4.98 Å². The number of piperazine rings is 1. The van der Waals surface area contributed by atoms with Gasteiger partial charge in [0.05, 0.1) is 7.11 Å². The summed E-state index contributed by atoms with van der Waals surface area (Å²) in [7, 11) is 1.60. The molecule has 2 N–H and O–H groups in total. The monoisotopic (exact) mass is 405 g/mol. The molecule has 1 aliphatic rings. The molecule has 1 aromatic heterocycles. The second kappa shape index (κ2) is 8.49. The average Bonchev–Trinajstić information content (AvgIpc) is 2.78. The minimum absolute atomic E-state index is 0.335. The van der Waals surface area contributed by atoms with Crippen LogP contribution in [0.3, 0.4) is 0 Å². The lowest BCUT2D eigenvalue weighted by molar-refractivity contribution is 0.374. The average molecular weight is 406 g/mol. The lowest BCUT2D eigenvalue weighted by atomic mass is 10.1. The Morgan fingerprint density at radius 3 is 2.30 bits per heavy atom. The first-order chi connectivity index (χ1) is 14.6. The highest BCUT2D eigenvalue weighted by Gasteiger charge is 2.23. The van der Waals surface area contributed by atoms with Crippen LogP contribution in [0.15, 0.2) is 48.8 Å². The zero-order valence-corrected chi connectivity index (χ0v) is 17.6. The van der Waals surface area contributed by atoms with Crippen molar-refractivity contribution in [1.29, 1.82) is 0 Å². The van der Waals surface area contributed by atoms with Crippen LogP contribution in [0.2, 0.25) is 0 Å². The molecule has 0 bridgehead atoms. The van der Waals surface area contributed by atoms with Crippen LogP contribution >= 0.6 is 0 Å². The van der Waals surface area contributed by atoms with Crippen molar-refractivity contribution in [2.24, 2.45) is 0 Å². The van der Waals surface area contributed by atoms with Gasteiger partial charge in [-0.1, -0.05) is 24.3 Å². The highest BCUT2D eigenvalue weighted by molar-refractivity contribution is 5.69. The molecule has 0 unspecified atom stereocenters. The van der Waals surface area contributed by atoms with Crippen LogP contribution < -0.4 is 25.0 Å². The number of anilines is 3.